The molecule has 1 aromatic rings. The molecule has 0 aliphatic heterocycles. The number of halogens is 2. The van der Waals surface area contributed by atoms with Crippen molar-refractivity contribution >= 4 is 11.9 Å². The zero-order chi connectivity index (χ0) is 17.5. The molecule has 1 aromatic carbocycles. The third kappa shape index (κ3) is 2.95. The van der Waals surface area contributed by atoms with Gasteiger partial charge in [0.1, 0.15) is 5.75 Å². The molecule has 7 heteroatoms. The molecular weight excluding hydrogens is 320 g/mol. The molecule has 2 aliphatic carbocycles. The van der Waals surface area contributed by atoms with Crippen LogP contribution in [0.3, 0.4) is 0 Å². The van der Waals surface area contributed by atoms with Gasteiger partial charge in [0, 0.05) is 17.8 Å². The second-order valence-electron chi connectivity index (χ2n) is 6.70. The van der Waals surface area contributed by atoms with E-state index < -0.39 is 29.3 Å². The van der Waals surface area contributed by atoms with Crippen LogP contribution in [0.2, 0.25) is 0 Å². The second-order valence-corrected chi connectivity index (χ2v) is 6.70. The van der Waals surface area contributed by atoms with Gasteiger partial charge in [0.2, 0.25) is 5.91 Å². The third-order valence-corrected chi connectivity index (χ3v) is 5.05. The summed E-state index contributed by atoms with van der Waals surface area (Å²) in [7, 11) is 1.49. The van der Waals surface area contributed by atoms with Crippen molar-refractivity contribution in [2.75, 3.05) is 7.11 Å². The molecule has 3 rings (SSSR count). The normalized spacial score (nSPS) is 27.9. The maximum Gasteiger partial charge on any atom is 0.305 e. The van der Waals surface area contributed by atoms with E-state index in [-0.39, 0.29) is 31.6 Å². The SMILES string of the molecule is COc1cccc(C(CC(=O)O)NC(=O)C2CC3(C2)CC3(F)F)c1. The van der Waals surface area contributed by atoms with Gasteiger partial charge in [0.25, 0.3) is 5.92 Å². The predicted octanol–water partition coefficient (Wildman–Crippen LogP) is 2.76. The quantitative estimate of drug-likeness (QED) is 0.836. The van der Waals surface area contributed by atoms with Crippen LogP contribution in [0.25, 0.3) is 0 Å². The van der Waals surface area contributed by atoms with Gasteiger partial charge in [-0.1, -0.05) is 12.1 Å². The Bertz CT molecular complexity index is 670. The summed E-state index contributed by atoms with van der Waals surface area (Å²) in [5.74, 6) is -3.98. The Morgan fingerprint density at radius 3 is 2.62 bits per heavy atom. The molecule has 0 radical (unpaired) electrons. The zero-order valence-corrected chi connectivity index (χ0v) is 13.2. The van der Waals surface area contributed by atoms with Gasteiger partial charge in [-0.25, -0.2) is 8.78 Å². The summed E-state index contributed by atoms with van der Waals surface area (Å²) in [5.41, 5.74) is -0.372. The van der Waals surface area contributed by atoms with Crippen molar-refractivity contribution in [3.8, 4) is 5.75 Å². The number of nitrogens with one attached hydrogen (secondary N) is 1. The first kappa shape index (κ1) is 16.7. The fourth-order valence-corrected chi connectivity index (χ4v) is 3.47. The second kappa shape index (κ2) is 5.72. The summed E-state index contributed by atoms with van der Waals surface area (Å²) in [6, 6.07) is 6.06. The lowest BCUT2D eigenvalue weighted by Crippen LogP contribution is -2.43. The van der Waals surface area contributed by atoms with Crippen molar-refractivity contribution in [2.24, 2.45) is 11.3 Å². The Morgan fingerprint density at radius 2 is 2.08 bits per heavy atom. The van der Waals surface area contributed by atoms with Gasteiger partial charge >= 0.3 is 5.97 Å². The van der Waals surface area contributed by atoms with E-state index in [4.69, 9.17) is 9.84 Å². The van der Waals surface area contributed by atoms with Gasteiger partial charge in [0.05, 0.1) is 19.6 Å². The largest absolute Gasteiger partial charge is 0.497 e. The molecule has 1 spiro atoms. The van der Waals surface area contributed by atoms with Gasteiger partial charge < -0.3 is 15.2 Å². The van der Waals surface area contributed by atoms with Gasteiger partial charge in [-0.3, -0.25) is 9.59 Å². The van der Waals surface area contributed by atoms with Crippen LogP contribution in [0.1, 0.15) is 37.3 Å². The first-order valence-corrected chi connectivity index (χ1v) is 7.80. The Hall–Kier alpha value is -2.18. The Morgan fingerprint density at radius 1 is 1.42 bits per heavy atom. The van der Waals surface area contributed by atoms with Crippen LogP contribution in [0.15, 0.2) is 24.3 Å². The standard InChI is InChI=1S/C17H19F2NO4/c1-24-12-4-2-3-10(5-12)13(6-14(21)22)20-15(23)11-7-16(8-11)9-17(16,18)19/h2-5,11,13H,6-9H2,1H3,(H,20,23)(H,21,22). The fraction of sp³-hybridized carbons (Fsp3) is 0.529. The number of carboxylic acid groups (broad SMARTS) is 1. The van der Waals surface area contributed by atoms with E-state index in [1.165, 1.54) is 7.11 Å². The molecule has 130 valence electrons. The van der Waals surface area contributed by atoms with Crippen LogP contribution >= 0.6 is 0 Å². The van der Waals surface area contributed by atoms with Crippen molar-refractivity contribution in [3.63, 3.8) is 0 Å². The van der Waals surface area contributed by atoms with Gasteiger partial charge in [-0.15, -0.1) is 0 Å². The first-order chi connectivity index (χ1) is 11.3. The summed E-state index contributed by atoms with van der Waals surface area (Å²) in [5, 5.41) is 11.8. The molecule has 24 heavy (non-hydrogen) atoms. The number of carboxylic acids is 1. The summed E-state index contributed by atoms with van der Waals surface area (Å²) in [6.45, 7) is 0. The highest BCUT2D eigenvalue weighted by Crippen LogP contribution is 2.72. The molecule has 1 atom stereocenters. The molecule has 0 bridgehead atoms. The molecule has 2 saturated carbocycles. The Kier molecular flexibility index (Phi) is 3.97. The summed E-state index contributed by atoms with van der Waals surface area (Å²) in [4.78, 5) is 23.4. The smallest absolute Gasteiger partial charge is 0.305 e. The number of hydrogen-bond acceptors (Lipinski definition) is 3. The third-order valence-electron chi connectivity index (χ3n) is 5.05. The maximum absolute atomic E-state index is 13.2. The molecule has 2 fully saturated rings. The lowest BCUT2D eigenvalue weighted by Gasteiger charge is -2.35. The molecular formula is C17H19F2NO4. The van der Waals surface area contributed by atoms with E-state index in [1.54, 1.807) is 24.3 Å². The van der Waals surface area contributed by atoms with Crippen LogP contribution in [0.4, 0.5) is 8.78 Å². The van der Waals surface area contributed by atoms with E-state index in [0.717, 1.165) is 0 Å². The highest BCUT2D eigenvalue weighted by atomic mass is 19.3. The van der Waals surface area contributed by atoms with E-state index in [1.807, 2.05) is 0 Å². The Balaban J connectivity index is 1.66. The number of carbonyl (C=O) groups is 2. The van der Waals surface area contributed by atoms with Crippen LogP contribution < -0.4 is 10.1 Å². The number of aliphatic carboxylic acids is 1. The van der Waals surface area contributed by atoms with Gasteiger partial charge in [-0.2, -0.15) is 0 Å². The monoisotopic (exact) mass is 339 g/mol. The number of benzene rings is 1. The van der Waals surface area contributed by atoms with E-state index >= 15 is 0 Å². The van der Waals surface area contributed by atoms with Crippen molar-refractivity contribution in [1.29, 1.82) is 0 Å². The summed E-state index contributed by atoms with van der Waals surface area (Å²) >= 11 is 0. The minimum Gasteiger partial charge on any atom is -0.497 e. The van der Waals surface area contributed by atoms with E-state index in [2.05, 4.69) is 5.32 Å². The highest BCUT2D eigenvalue weighted by molar-refractivity contribution is 5.81. The first-order valence-electron chi connectivity index (χ1n) is 7.80. The van der Waals surface area contributed by atoms with Gasteiger partial charge in [-0.05, 0) is 30.5 Å². The maximum atomic E-state index is 13.2. The molecule has 0 aromatic heterocycles. The molecule has 2 N–H and O–H groups in total. The van der Waals surface area contributed by atoms with Crippen LogP contribution in [-0.4, -0.2) is 30.0 Å². The average Bonchev–Trinajstić information content (AvgIpc) is 3.07. The number of alkyl halides is 2. The summed E-state index contributed by atoms with van der Waals surface area (Å²) in [6.07, 6.45) is -0.0847. The van der Waals surface area contributed by atoms with Crippen LogP contribution in [0, 0.1) is 11.3 Å². The Labute approximate surface area is 138 Å². The number of hydrogen-bond donors (Lipinski definition) is 2. The summed E-state index contributed by atoms with van der Waals surface area (Å²) < 4.78 is 31.6. The average molecular weight is 339 g/mol. The zero-order valence-electron chi connectivity index (χ0n) is 13.2. The molecule has 1 amide bonds. The van der Waals surface area contributed by atoms with Crippen molar-refractivity contribution < 1.29 is 28.2 Å². The predicted molar refractivity (Wildman–Crippen MR) is 80.9 cm³/mol. The minimum absolute atomic E-state index is 0.141. The van der Waals surface area contributed by atoms with Gasteiger partial charge in [0.15, 0.2) is 0 Å². The van der Waals surface area contributed by atoms with E-state index in [0.29, 0.717) is 11.3 Å². The fourth-order valence-electron chi connectivity index (χ4n) is 3.47. The van der Waals surface area contributed by atoms with E-state index in [9.17, 15) is 18.4 Å². The molecule has 2 aliphatic rings. The molecule has 0 heterocycles. The number of carbonyl (C=O) groups excluding carboxylic acids is 1. The van der Waals surface area contributed by atoms with Crippen LogP contribution in [-0.2, 0) is 9.59 Å². The number of amides is 1. The molecule has 0 saturated heterocycles. The minimum atomic E-state index is -2.64. The lowest BCUT2D eigenvalue weighted by atomic mass is 9.71. The lowest BCUT2D eigenvalue weighted by molar-refractivity contribution is -0.138. The van der Waals surface area contributed by atoms with Crippen molar-refractivity contribution in [1.82, 2.24) is 5.32 Å². The van der Waals surface area contributed by atoms with Crippen molar-refractivity contribution in [2.45, 2.75) is 37.6 Å². The number of ether oxygens (including phenoxy) is 1. The molecule has 1 unspecified atom stereocenters. The van der Waals surface area contributed by atoms with Crippen molar-refractivity contribution in [3.05, 3.63) is 29.8 Å². The molecule has 5 nitrogen and oxygen atoms in total. The topological polar surface area (TPSA) is 75.6 Å². The van der Waals surface area contributed by atoms with Crippen LogP contribution in [0.5, 0.6) is 5.75 Å². The number of rotatable bonds is 6. The number of methoxy groups -OCH3 is 1. The highest BCUT2D eigenvalue weighted by Gasteiger charge is 2.76.